The smallest absolute Gasteiger partial charge is 0.00237 e. The average molecular weight is 328 g/mol. The Balaban J connectivity index is 2.22. The van der Waals surface area contributed by atoms with E-state index in [0.29, 0.717) is 0 Å². The molecule has 0 heterocycles. The molecule has 0 heteroatoms. The molecule has 4 aromatic rings. The van der Waals surface area contributed by atoms with E-state index in [2.05, 4.69) is 90.1 Å². The predicted molar refractivity (Wildman–Crippen MR) is 112 cm³/mol. The van der Waals surface area contributed by atoms with Crippen LogP contribution in [-0.2, 0) is 10.8 Å². The average Bonchev–Trinajstić information content (AvgIpc) is 2.58. The van der Waals surface area contributed by atoms with Gasteiger partial charge in [-0.05, 0) is 60.7 Å². The van der Waals surface area contributed by atoms with Crippen molar-refractivity contribution in [3.05, 3.63) is 59.7 Å². The lowest BCUT2D eigenvalue weighted by Crippen LogP contribution is -2.16. The number of benzene rings is 4. The monoisotopic (exact) mass is 328 g/mol. The molecule has 0 N–H and O–H groups in total. The van der Waals surface area contributed by atoms with Gasteiger partial charge in [0.05, 0.1) is 0 Å². The molecule has 0 unspecified atom stereocenters. The standard InChI is InChI=1S/C25H28/c1-7-25(5,6)21-15-11-17-8-12-18-20(24(2,3)4)14-10-16-9-13-19(21)23(17)22(16)18/h8-15H,7H2,1-6H3. The molecule has 0 saturated heterocycles. The van der Waals surface area contributed by atoms with E-state index in [9.17, 15) is 0 Å². The van der Waals surface area contributed by atoms with Crippen molar-refractivity contribution < 1.29 is 0 Å². The van der Waals surface area contributed by atoms with Gasteiger partial charge in [-0.15, -0.1) is 0 Å². The Labute approximate surface area is 151 Å². The molecule has 0 aliphatic heterocycles. The molecule has 0 aliphatic carbocycles. The molecule has 0 radical (unpaired) electrons. The van der Waals surface area contributed by atoms with Crippen molar-refractivity contribution in [2.24, 2.45) is 0 Å². The van der Waals surface area contributed by atoms with Crippen LogP contribution < -0.4 is 0 Å². The lowest BCUT2D eigenvalue weighted by Gasteiger charge is -2.27. The van der Waals surface area contributed by atoms with Crippen LogP contribution in [0.3, 0.4) is 0 Å². The van der Waals surface area contributed by atoms with Crippen molar-refractivity contribution >= 4 is 32.3 Å². The van der Waals surface area contributed by atoms with E-state index in [4.69, 9.17) is 0 Å². The lowest BCUT2D eigenvalue weighted by atomic mass is 9.77. The van der Waals surface area contributed by atoms with E-state index >= 15 is 0 Å². The highest BCUT2D eigenvalue weighted by molar-refractivity contribution is 6.24. The molecule has 0 amide bonds. The van der Waals surface area contributed by atoms with Gasteiger partial charge in [0.15, 0.2) is 0 Å². The summed E-state index contributed by atoms with van der Waals surface area (Å²) in [5, 5.41) is 8.43. The molecule has 4 rings (SSSR count). The maximum absolute atomic E-state index is 2.36. The Kier molecular flexibility index (Phi) is 3.41. The van der Waals surface area contributed by atoms with Crippen LogP contribution in [0.2, 0.25) is 0 Å². The van der Waals surface area contributed by atoms with Gasteiger partial charge in [0, 0.05) is 0 Å². The van der Waals surface area contributed by atoms with Crippen LogP contribution in [0.15, 0.2) is 48.5 Å². The predicted octanol–water partition coefficient (Wildman–Crippen LogP) is 7.57. The first kappa shape index (κ1) is 16.4. The second kappa shape index (κ2) is 5.21. The van der Waals surface area contributed by atoms with Crippen molar-refractivity contribution in [1.82, 2.24) is 0 Å². The van der Waals surface area contributed by atoms with Crippen molar-refractivity contribution in [3.63, 3.8) is 0 Å². The van der Waals surface area contributed by atoms with Gasteiger partial charge in [0.25, 0.3) is 0 Å². The first-order valence-corrected chi connectivity index (χ1v) is 9.45. The Bertz CT molecular complexity index is 1070. The van der Waals surface area contributed by atoms with Gasteiger partial charge in [-0.1, -0.05) is 90.1 Å². The fraction of sp³-hybridized carbons (Fsp3) is 0.360. The van der Waals surface area contributed by atoms with Gasteiger partial charge in [0.2, 0.25) is 0 Å². The Morgan fingerprint density at radius 3 is 1.52 bits per heavy atom. The molecular weight excluding hydrogens is 300 g/mol. The normalized spacial score (nSPS) is 13.4. The third-order valence-corrected chi connectivity index (χ3v) is 6.09. The summed E-state index contributed by atoms with van der Waals surface area (Å²) in [6.45, 7) is 13.9. The quantitative estimate of drug-likeness (QED) is 0.333. The van der Waals surface area contributed by atoms with Gasteiger partial charge >= 0.3 is 0 Å². The Morgan fingerprint density at radius 1 is 0.600 bits per heavy atom. The molecule has 4 aromatic carbocycles. The molecule has 0 fully saturated rings. The van der Waals surface area contributed by atoms with E-state index in [1.165, 1.54) is 43.4 Å². The second-order valence-corrected chi connectivity index (χ2v) is 9.14. The highest BCUT2D eigenvalue weighted by Crippen LogP contribution is 2.42. The van der Waals surface area contributed by atoms with E-state index in [1.807, 2.05) is 0 Å². The van der Waals surface area contributed by atoms with Gasteiger partial charge in [-0.25, -0.2) is 0 Å². The molecule has 0 nitrogen and oxygen atoms in total. The highest BCUT2D eigenvalue weighted by Gasteiger charge is 2.24. The van der Waals surface area contributed by atoms with Crippen molar-refractivity contribution in [3.8, 4) is 0 Å². The Morgan fingerprint density at radius 2 is 1.04 bits per heavy atom. The zero-order valence-corrected chi connectivity index (χ0v) is 16.3. The van der Waals surface area contributed by atoms with Gasteiger partial charge < -0.3 is 0 Å². The largest absolute Gasteiger partial charge is 0.0646 e. The van der Waals surface area contributed by atoms with Crippen LogP contribution in [0.1, 0.15) is 59.1 Å². The summed E-state index contributed by atoms with van der Waals surface area (Å²) in [6, 6.07) is 18.6. The molecule has 0 saturated carbocycles. The lowest BCUT2D eigenvalue weighted by molar-refractivity contribution is 0.511. The minimum absolute atomic E-state index is 0.147. The van der Waals surface area contributed by atoms with E-state index in [0.717, 1.165) is 6.42 Å². The fourth-order valence-electron chi connectivity index (χ4n) is 4.24. The maximum atomic E-state index is 2.36. The summed E-state index contributed by atoms with van der Waals surface area (Å²) in [6.07, 6.45) is 1.14. The number of hydrogen-bond acceptors (Lipinski definition) is 0. The first-order chi connectivity index (χ1) is 11.7. The summed E-state index contributed by atoms with van der Waals surface area (Å²) in [5.41, 5.74) is 3.25. The minimum Gasteiger partial charge on any atom is -0.0646 e. The van der Waals surface area contributed by atoms with Gasteiger partial charge in [-0.2, -0.15) is 0 Å². The van der Waals surface area contributed by atoms with Crippen LogP contribution in [-0.4, -0.2) is 0 Å². The van der Waals surface area contributed by atoms with Crippen LogP contribution in [0, 0.1) is 0 Å². The fourth-order valence-corrected chi connectivity index (χ4v) is 4.24. The number of rotatable bonds is 2. The Hall–Kier alpha value is -2.08. The maximum Gasteiger partial charge on any atom is -0.00237 e. The molecule has 25 heavy (non-hydrogen) atoms. The topological polar surface area (TPSA) is 0 Å². The molecule has 0 spiro atoms. The summed E-state index contributed by atoms with van der Waals surface area (Å²) in [5.74, 6) is 0. The van der Waals surface area contributed by atoms with Crippen LogP contribution in [0.4, 0.5) is 0 Å². The van der Waals surface area contributed by atoms with Crippen LogP contribution in [0.5, 0.6) is 0 Å². The summed E-state index contributed by atoms with van der Waals surface area (Å²) >= 11 is 0. The zero-order valence-electron chi connectivity index (χ0n) is 16.3. The van der Waals surface area contributed by atoms with Crippen LogP contribution >= 0.6 is 0 Å². The first-order valence-electron chi connectivity index (χ1n) is 9.45. The molecule has 0 aromatic heterocycles. The van der Waals surface area contributed by atoms with Gasteiger partial charge in [0.1, 0.15) is 0 Å². The number of hydrogen-bond donors (Lipinski definition) is 0. The van der Waals surface area contributed by atoms with E-state index in [-0.39, 0.29) is 10.8 Å². The van der Waals surface area contributed by atoms with Crippen molar-refractivity contribution in [2.45, 2.75) is 58.8 Å². The van der Waals surface area contributed by atoms with Gasteiger partial charge in [-0.3, -0.25) is 0 Å². The van der Waals surface area contributed by atoms with Crippen LogP contribution in [0.25, 0.3) is 32.3 Å². The summed E-state index contributed by atoms with van der Waals surface area (Å²) < 4.78 is 0. The van der Waals surface area contributed by atoms with E-state index < -0.39 is 0 Å². The molecule has 128 valence electrons. The minimum atomic E-state index is 0.147. The summed E-state index contributed by atoms with van der Waals surface area (Å²) in [7, 11) is 0. The zero-order chi connectivity index (χ0) is 18.0. The van der Waals surface area contributed by atoms with E-state index in [1.54, 1.807) is 0 Å². The molecule has 0 atom stereocenters. The second-order valence-electron chi connectivity index (χ2n) is 9.14. The highest BCUT2D eigenvalue weighted by atomic mass is 14.3. The summed E-state index contributed by atoms with van der Waals surface area (Å²) in [4.78, 5) is 0. The van der Waals surface area contributed by atoms with Crippen molar-refractivity contribution in [2.75, 3.05) is 0 Å². The molecular formula is C25H28. The SMILES string of the molecule is CCC(C)(C)c1ccc2ccc3c(C(C)(C)C)ccc4ccc1c2c43. The van der Waals surface area contributed by atoms with Crippen molar-refractivity contribution in [1.29, 1.82) is 0 Å². The molecule has 0 bridgehead atoms. The third kappa shape index (κ3) is 2.34. The molecule has 0 aliphatic rings. The third-order valence-electron chi connectivity index (χ3n) is 6.09.